The van der Waals surface area contributed by atoms with Crippen LogP contribution >= 0.6 is 0 Å². The molecule has 1 aliphatic carbocycles. The first-order chi connectivity index (χ1) is 13.5. The molecule has 1 aliphatic heterocycles. The van der Waals surface area contributed by atoms with E-state index in [0.717, 1.165) is 24.3 Å². The minimum Gasteiger partial charge on any atom is -0.455 e. The number of furan rings is 1. The van der Waals surface area contributed by atoms with Crippen LogP contribution in [-0.2, 0) is 4.79 Å². The van der Waals surface area contributed by atoms with Crippen molar-refractivity contribution in [1.29, 1.82) is 0 Å². The molecule has 9 nitrogen and oxygen atoms in total. The summed E-state index contributed by atoms with van der Waals surface area (Å²) in [5.74, 6) is 0.534. The zero-order valence-corrected chi connectivity index (χ0v) is 15.0. The second-order valence-electron chi connectivity index (χ2n) is 6.94. The van der Waals surface area contributed by atoms with Crippen LogP contribution in [0.3, 0.4) is 0 Å². The van der Waals surface area contributed by atoms with Gasteiger partial charge >= 0.3 is 6.03 Å². The van der Waals surface area contributed by atoms with Crippen LogP contribution in [0.15, 0.2) is 45.9 Å². The third-order valence-corrected chi connectivity index (χ3v) is 5.14. The molecule has 144 valence electrons. The molecule has 1 saturated carbocycles. The number of hydrazone groups is 1. The van der Waals surface area contributed by atoms with E-state index in [2.05, 4.69) is 10.4 Å². The van der Waals surface area contributed by atoms with Crippen LogP contribution in [0.1, 0.15) is 37.9 Å². The molecule has 0 bridgehead atoms. The largest absolute Gasteiger partial charge is 0.455 e. The summed E-state index contributed by atoms with van der Waals surface area (Å²) in [6.07, 6.45) is 5.45. The summed E-state index contributed by atoms with van der Waals surface area (Å²) in [6, 6.07) is 8.77. The van der Waals surface area contributed by atoms with E-state index in [4.69, 9.17) is 4.42 Å². The van der Waals surface area contributed by atoms with Gasteiger partial charge in [-0.2, -0.15) is 5.10 Å². The summed E-state index contributed by atoms with van der Waals surface area (Å²) in [5, 5.41) is 18.4. The van der Waals surface area contributed by atoms with Gasteiger partial charge in [-0.1, -0.05) is 19.3 Å². The Bertz CT molecular complexity index is 957. The monoisotopic (exact) mass is 382 g/mol. The second-order valence-corrected chi connectivity index (χ2v) is 6.94. The van der Waals surface area contributed by atoms with E-state index in [9.17, 15) is 19.7 Å². The summed E-state index contributed by atoms with van der Waals surface area (Å²) in [4.78, 5) is 35.1. The van der Waals surface area contributed by atoms with Crippen LogP contribution < -0.4 is 5.32 Å². The smallest absolute Gasteiger partial charge is 0.346 e. The number of benzene rings is 1. The van der Waals surface area contributed by atoms with Crippen molar-refractivity contribution in [3.05, 3.63) is 52.3 Å². The Hall–Kier alpha value is -3.49. The van der Waals surface area contributed by atoms with Crippen LogP contribution in [0.5, 0.6) is 0 Å². The zero-order valence-electron chi connectivity index (χ0n) is 15.0. The highest BCUT2D eigenvalue weighted by molar-refractivity contribution is 6.07. The predicted octanol–water partition coefficient (Wildman–Crippen LogP) is 3.44. The Balaban J connectivity index is 1.49. The molecule has 2 aromatic rings. The highest BCUT2D eigenvalue weighted by Gasteiger charge is 2.51. The Kier molecular flexibility index (Phi) is 4.42. The molecule has 4 rings (SSSR count). The highest BCUT2D eigenvalue weighted by Crippen LogP contribution is 2.33. The fourth-order valence-electron chi connectivity index (χ4n) is 3.64. The predicted molar refractivity (Wildman–Crippen MR) is 99.6 cm³/mol. The van der Waals surface area contributed by atoms with E-state index in [0.29, 0.717) is 29.9 Å². The Morgan fingerprint density at radius 3 is 2.50 bits per heavy atom. The summed E-state index contributed by atoms with van der Waals surface area (Å²) in [5.41, 5.74) is -0.159. The Morgan fingerprint density at radius 1 is 1.11 bits per heavy atom. The Labute approximate surface area is 160 Å². The first kappa shape index (κ1) is 17.9. The fraction of sp³-hybridized carbons (Fsp3) is 0.316. The molecule has 0 radical (unpaired) electrons. The summed E-state index contributed by atoms with van der Waals surface area (Å²) < 4.78 is 5.65. The lowest BCUT2D eigenvalue weighted by Crippen LogP contribution is -2.48. The topological polar surface area (TPSA) is 118 Å². The van der Waals surface area contributed by atoms with Crippen molar-refractivity contribution < 1.29 is 18.9 Å². The number of hydrogen-bond donors (Lipinski definition) is 1. The van der Waals surface area contributed by atoms with Gasteiger partial charge in [0, 0.05) is 17.7 Å². The number of non-ortho nitro benzene ring substituents is 1. The van der Waals surface area contributed by atoms with Gasteiger partial charge in [-0.05, 0) is 37.1 Å². The van der Waals surface area contributed by atoms with Gasteiger partial charge in [-0.15, -0.1) is 5.01 Å². The van der Waals surface area contributed by atoms with Crippen molar-refractivity contribution in [2.24, 2.45) is 5.10 Å². The lowest BCUT2D eigenvalue weighted by molar-refractivity contribution is -0.384. The van der Waals surface area contributed by atoms with Crippen LogP contribution in [0.4, 0.5) is 10.5 Å². The lowest BCUT2D eigenvalue weighted by atomic mass is 9.82. The maximum atomic E-state index is 12.7. The number of nitro groups is 1. The molecular weight excluding hydrogens is 364 g/mol. The Morgan fingerprint density at radius 2 is 1.82 bits per heavy atom. The maximum Gasteiger partial charge on any atom is 0.346 e. The average Bonchev–Trinajstić information content (AvgIpc) is 3.25. The van der Waals surface area contributed by atoms with Crippen molar-refractivity contribution in [3.63, 3.8) is 0 Å². The number of urea groups is 1. The minimum atomic E-state index is -0.820. The number of amides is 3. The van der Waals surface area contributed by atoms with Crippen molar-refractivity contribution in [2.45, 2.75) is 37.6 Å². The van der Waals surface area contributed by atoms with E-state index >= 15 is 0 Å². The molecule has 9 heteroatoms. The molecule has 0 unspecified atom stereocenters. The van der Waals surface area contributed by atoms with Gasteiger partial charge in [0.2, 0.25) is 0 Å². The number of nitrogens with one attached hydrogen (secondary N) is 1. The number of rotatable bonds is 4. The molecule has 1 aromatic carbocycles. The molecule has 1 saturated heterocycles. The average molecular weight is 382 g/mol. The van der Waals surface area contributed by atoms with Crippen molar-refractivity contribution in [2.75, 3.05) is 0 Å². The molecule has 0 atom stereocenters. The molecule has 28 heavy (non-hydrogen) atoms. The molecule has 2 aliphatic rings. The third kappa shape index (κ3) is 3.15. The normalized spacial score (nSPS) is 18.8. The number of carbonyl (C=O) groups is 2. The molecular formula is C19H18N4O5. The van der Waals surface area contributed by atoms with Crippen molar-refractivity contribution in [3.8, 4) is 11.3 Å². The molecule has 1 spiro atoms. The number of imide groups is 1. The quantitative estimate of drug-likeness (QED) is 0.376. The first-order valence-electron chi connectivity index (χ1n) is 9.04. The van der Waals surface area contributed by atoms with Gasteiger partial charge in [0.15, 0.2) is 0 Å². The number of nitrogens with zero attached hydrogens (tertiary/aromatic N) is 3. The number of hydrogen-bond acceptors (Lipinski definition) is 6. The lowest BCUT2D eigenvalue weighted by Gasteiger charge is -2.29. The highest BCUT2D eigenvalue weighted by atomic mass is 16.6. The summed E-state index contributed by atoms with van der Waals surface area (Å²) in [6.45, 7) is 0. The number of nitro benzene ring substituents is 1. The fourth-order valence-corrected chi connectivity index (χ4v) is 3.64. The summed E-state index contributed by atoms with van der Waals surface area (Å²) in [7, 11) is 0. The molecule has 2 heterocycles. The SMILES string of the molecule is O=C1NC2(CCCCC2)C(=O)N1/N=C/c1ccc(-c2ccc([N+](=O)[O-])cc2)o1. The number of carbonyl (C=O) groups excluding carboxylic acids is 2. The van der Waals surface area contributed by atoms with E-state index in [-0.39, 0.29) is 11.6 Å². The second kappa shape index (κ2) is 6.91. The van der Waals surface area contributed by atoms with Gasteiger partial charge in [-0.3, -0.25) is 14.9 Å². The van der Waals surface area contributed by atoms with Crippen LogP contribution in [0.2, 0.25) is 0 Å². The standard InChI is InChI=1S/C19H18N4O5/c24-17-19(10-2-1-3-11-19)21-18(25)22(17)20-12-15-8-9-16(28-15)13-4-6-14(7-5-13)23(26)27/h4-9,12H,1-3,10-11H2,(H,21,25)/b20-12+. The molecule has 1 N–H and O–H groups in total. The van der Waals surface area contributed by atoms with Gasteiger partial charge in [0.05, 0.1) is 11.1 Å². The van der Waals surface area contributed by atoms with Crippen LogP contribution in [0, 0.1) is 10.1 Å². The van der Waals surface area contributed by atoms with Crippen LogP contribution in [-0.4, -0.2) is 33.6 Å². The third-order valence-electron chi connectivity index (χ3n) is 5.14. The van der Waals surface area contributed by atoms with Crippen molar-refractivity contribution >= 4 is 23.8 Å². The summed E-state index contributed by atoms with van der Waals surface area (Å²) >= 11 is 0. The molecule has 3 amide bonds. The van der Waals surface area contributed by atoms with E-state index < -0.39 is 16.5 Å². The maximum absolute atomic E-state index is 12.7. The zero-order chi connectivity index (χ0) is 19.7. The molecule has 2 fully saturated rings. The van der Waals surface area contributed by atoms with E-state index in [1.54, 1.807) is 24.3 Å². The van der Waals surface area contributed by atoms with Crippen molar-refractivity contribution in [1.82, 2.24) is 10.3 Å². The van der Waals surface area contributed by atoms with Gasteiger partial charge in [0.1, 0.15) is 17.1 Å². The van der Waals surface area contributed by atoms with Gasteiger partial charge in [-0.25, -0.2) is 4.79 Å². The molecule has 1 aromatic heterocycles. The minimum absolute atomic E-state index is 0.00714. The first-order valence-corrected chi connectivity index (χ1v) is 9.04. The van der Waals surface area contributed by atoms with E-state index in [1.165, 1.54) is 18.3 Å². The van der Waals surface area contributed by atoms with Gasteiger partial charge < -0.3 is 9.73 Å². The van der Waals surface area contributed by atoms with E-state index in [1.807, 2.05) is 0 Å². The van der Waals surface area contributed by atoms with Crippen LogP contribution in [0.25, 0.3) is 11.3 Å². The van der Waals surface area contributed by atoms with Gasteiger partial charge in [0.25, 0.3) is 11.6 Å².